The zero-order valence-electron chi connectivity index (χ0n) is 2.55. The summed E-state index contributed by atoms with van der Waals surface area (Å²) in [6.07, 6.45) is 0. The third-order valence-electron chi connectivity index (χ3n) is 0. The molecule has 0 fully saturated rings. The molecule has 0 saturated heterocycles. The Bertz CT molecular complexity index is 28.4. The van der Waals surface area contributed by atoms with Crippen molar-refractivity contribution in [3.63, 3.8) is 0 Å². The molecule has 5 heavy (non-hydrogen) atoms. The van der Waals surface area contributed by atoms with Gasteiger partial charge in [0.25, 0.3) is 0 Å². The minimum atomic E-state index is 1.44. The van der Waals surface area contributed by atoms with Crippen LogP contribution in [0.15, 0.2) is 0 Å². The largest absolute Gasteiger partial charge is 0.274 e. The van der Waals surface area contributed by atoms with Gasteiger partial charge in [-0.2, -0.15) is 5.26 Å². The third-order valence-corrected chi connectivity index (χ3v) is 0. The molecular formula is CH5N3S. The lowest BCUT2D eigenvalue weighted by atomic mass is 11.8. The molecular weight excluding hydrogens is 86.1 g/mol. The molecule has 0 aliphatic carbocycles. The minimum Gasteiger partial charge on any atom is -0.274 e. The van der Waals surface area contributed by atoms with Crippen molar-refractivity contribution in [2.45, 2.75) is 0 Å². The van der Waals surface area contributed by atoms with E-state index in [4.69, 9.17) is 5.26 Å². The Morgan fingerprint density at radius 3 is 1.60 bits per heavy atom. The maximum absolute atomic E-state index is 7.18. The third kappa shape index (κ3) is 202. The Kier molecular flexibility index (Phi) is 87.6. The lowest BCUT2D eigenvalue weighted by Crippen LogP contribution is -2.02. The second-order valence-corrected chi connectivity index (χ2v) is 0.300. The van der Waals surface area contributed by atoms with Crippen molar-refractivity contribution >= 4 is 12.6 Å². The predicted molar refractivity (Wildman–Crippen MR) is 23.0 cm³/mol. The van der Waals surface area contributed by atoms with Crippen LogP contribution in [-0.2, 0) is 0 Å². The average Bonchev–Trinajstić information content (AvgIpc) is 1.46. The van der Waals surface area contributed by atoms with E-state index in [2.05, 4.69) is 24.3 Å². The quantitative estimate of drug-likeness (QED) is 0.158. The van der Waals surface area contributed by atoms with Crippen molar-refractivity contribution in [1.82, 2.24) is 0 Å². The number of hydrogen-bond donors (Lipinski definition) is 3. The van der Waals surface area contributed by atoms with Crippen LogP contribution in [0.2, 0.25) is 0 Å². The van der Waals surface area contributed by atoms with Gasteiger partial charge in [-0.05, 0) is 0 Å². The molecule has 0 amide bonds. The maximum atomic E-state index is 7.18. The van der Waals surface area contributed by atoms with Gasteiger partial charge in [0.2, 0.25) is 0 Å². The second-order valence-electron chi connectivity index (χ2n) is 0.100. The van der Waals surface area contributed by atoms with Crippen LogP contribution in [0.5, 0.6) is 0 Å². The van der Waals surface area contributed by atoms with E-state index < -0.39 is 0 Å². The molecule has 0 bridgehead atoms. The van der Waals surface area contributed by atoms with Crippen molar-refractivity contribution in [2.75, 3.05) is 0 Å². The number of rotatable bonds is 0. The molecule has 0 unspecified atom stereocenters. The summed E-state index contributed by atoms with van der Waals surface area (Å²) in [7, 11) is 0. The first kappa shape index (κ1) is 8.83. The zero-order valence-corrected chi connectivity index (χ0v) is 3.44. The van der Waals surface area contributed by atoms with Crippen molar-refractivity contribution in [1.29, 1.82) is 5.26 Å². The number of nitrogens with two attached hydrogens (primary N) is 2. The van der Waals surface area contributed by atoms with Crippen LogP contribution in [0.1, 0.15) is 0 Å². The molecule has 0 aromatic rings. The molecule has 0 aliphatic heterocycles. The standard InChI is InChI=1S/CHNS.H4N2/c2-1-3;1-2/h3H;1-2H2. The number of hydrogen-bond acceptors (Lipinski definition) is 4. The fraction of sp³-hybridized carbons (Fsp3) is 0. The average molecular weight is 91.1 g/mol. The summed E-state index contributed by atoms with van der Waals surface area (Å²) in [5.74, 6) is 8.00. The summed E-state index contributed by atoms with van der Waals surface area (Å²) in [6.45, 7) is 0. The van der Waals surface area contributed by atoms with E-state index in [9.17, 15) is 0 Å². The molecule has 0 radical (unpaired) electrons. The first-order valence-corrected chi connectivity index (χ1v) is 1.23. The predicted octanol–water partition coefficient (Wildman–Crippen LogP) is -0.784. The Morgan fingerprint density at radius 1 is 1.60 bits per heavy atom. The Morgan fingerprint density at radius 2 is 1.60 bits per heavy atom. The van der Waals surface area contributed by atoms with Gasteiger partial charge in [-0.1, -0.05) is 12.6 Å². The first-order chi connectivity index (χ1) is 2.41. The van der Waals surface area contributed by atoms with Crippen molar-refractivity contribution in [3.8, 4) is 5.40 Å². The highest BCUT2D eigenvalue weighted by molar-refractivity contribution is 7.85. The molecule has 4 heteroatoms. The number of thiocyanates is 1. The van der Waals surface area contributed by atoms with Crippen molar-refractivity contribution < 1.29 is 0 Å². The Balaban J connectivity index is 0. The van der Waals surface area contributed by atoms with Crippen LogP contribution >= 0.6 is 12.6 Å². The Hall–Kier alpha value is -0.240. The maximum Gasteiger partial charge on any atom is 0.130 e. The summed E-state index contributed by atoms with van der Waals surface area (Å²) in [5, 5.41) is 8.63. The summed E-state index contributed by atoms with van der Waals surface area (Å²) in [6, 6.07) is 0. The molecule has 0 heterocycles. The number of thiol groups is 1. The van der Waals surface area contributed by atoms with Crippen LogP contribution in [0.3, 0.4) is 0 Å². The van der Waals surface area contributed by atoms with E-state index in [1.807, 2.05) is 0 Å². The van der Waals surface area contributed by atoms with E-state index in [0.29, 0.717) is 0 Å². The van der Waals surface area contributed by atoms with Crippen LogP contribution in [0.4, 0.5) is 0 Å². The van der Waals surface area contributed by atoms with Gasteiger partial charge >= 0.3 is 0 Å². The summed E-state index contributed by atoms with van der Waals surface area (Å²) < 4.78 is 0. The molecule has 0 aromatic heterocycles. The molecule has 0 atom stereocenters. The number of nitrogens with zero attached hydrogens (tertiary/aromatic N) is 1. The van der Waals surface area contributed by atoms with E-state index in [0.717, 1.165) is 0 Å². The summed E-state index contributed by atoms with van der Waals surface area (Å²) in [5.41, 5.74) is 0. The number of hydrazine groups is 1. The van der Waals surface area contributed by atoms with E-state index in [1.54, 1.807) is 0 Å². The lowest BCUT2D eigenvalue weighted by molar-refractivity contribution is 1.26. The first-order valence-electron chi connectivity index (χ1n) is 0.781. The second kappa shape index (κ2) is 49.6. The fourth-order valence-electron chi connectivity index (χ4n) is 0. The minimum absolute atomic E-state index is 1.44. The molecule has 0 rings (SSSR count). The summed E-state index contributed by atoms with van der Waals surface area (Å²) in [4.78, 5) is 0. The topological polar surface area (TPSA) is 75.8 Å². The van der Waals surface area contributed by atoms with Crippen molar-refractivity contribution in [2.24, 2.45) is 11.7 Å². The molecule has 0 spiro atoms. The molecule has 0 aromatic carbocycles. The van der Waals surface area contributed by atoms with Crippen molar-refractivity contribution in [3.05, 3.63) is 0 Å². The van der Waals surface area contributed by atoms with Gasteiger partial charge in [0, 0.05) is 0 Å². The van der Waals surface area contributed by atoms with Gasteiger partial charge in [-0.3, -0.25) is 11.7 Å². The molecule has 0 saturated carbocycles. The highest BCUT2D eigenvalue weighted by Crippen LogP contribution is 1.46. The van der Waals surface area contributed by atoms with Crippen LogP contribution < -0.4 is 11.7 Å². The molecule has 30 valence electrons. The van der Waals surface area contributed by atoms with Crippen LogP contribution in [0, 0.1) is 10.7 Å². The number of nitriles is 1. The van der Waals surface area contributed by atoms with E-state index in [1.165, 1.54) is 5.40 Å². The fourth-order valence-corrected chi connectivity index (χ4v) is 0. The lowest BCUT2D eigenvalue weighted by Gasteiger charge is -1.27. The van der Waals surface area contributed by atoms with E-state index >= 15 is 0 Å². The monoisotopic (exact) mass is 91.0 g/mol. The smallest absolute Gasteiger partial charge is 0.130 e. The van der Waals surface area contributed by atoms with Gasteiger partial charge in [0.1, 0.15) is 5.40 Å². The SMILES string of the molecule is N#CS.NN. The van der Waals surface area contributed by atoms with Gasteiger partial charge in [0.05, 0.1) is 0 Å². The van der Waals surface area contributed by atoms with Crippen LogP contribution in [0.25, 0.3) is 0 Å². The highest BCUT2D eigenvalue weighted by atomic mass is 32.1. The molecule has 0 aliphatic rings. The van der Waals surface area contributed by atoms with E-state index in [-0.39, 0.29) is 0 Å². The van der Waals surface area contributed by atoms with Gasteiger partial charge < -0.3 is 0 Å². The van der Waals surface area contributed by atoms with Gasteiger partial charge in [0.15, 0.2) is 0 Å². The van der Waals surface area contributed by atoms with Gasteiger partial charge in [-0.25, -0.2) is 0 Å². The Labute approximate surface area is 35.9 Å². The van der Waals surface area contributed by atoms with Gasteiger partial charge in [-0.15, -0.1) is 0 Å². The summed E-state index contributed by atoms with van der Waals surface area (Å²) >= 11 is 3.09. The van der Waals surface area contributed by atoms with Crippen LogP contribution in [-0.4, -0.2) is 0 Å². The highest BCUT2D eigenvalue weighted by Gasteiger charge is 1.18. The zero-order chi connectivity index (χ0) is 4.71. The molecule has 4 N–H and O–H groups in total. The normalized spacial score (nSPS) is 2.80. The molecule has 3 nitrogen and oxygen atoms in total.